The van der Waals surface area contributed by atoms with Crippen LogP contribution in [0.1, 0.15) is 10.4 Å². The Morgan fingerprint density at radius 3 is 2.94 bits per heavy atom. The van der Waals surface area contributed by atoms with Crippen LogP contribution in [0.2, 0.25) is 0 Å². The number of aromatic hydroxyl groups is 1. The van der Waals surface area contributed by atoms with E-state index >= 15 is 0 Å². The number of thiazole rings is 1. The quantitative estimate of drug-likeness (QED) is 0.908. The van der Waals surface area contributed by atoms with Gasteiger partial charge in [-0.05, 0) is 28.1 Å². The molecule has 0 saturated heterocycles. The minimum atomic E-state index is -0.316. The highest BCUT2D eigenvalue weighted by Gasteiger charge is 2.14. The molecule has 0 unspecified atom stereocenters. The Kier molecular flexibility index (Phi) is 3.83. The number of rotatable bonds is 3. The molecule has 18 heavy (non-hydrogen) atoms. The van der Waals surface area contributed by atoms with E-state index in [1.165, 1.54) is 30.6 Å². The number of amides is 1. The number of halogens is 1. The summed E-state index contributed by atoms with van der Waals surface area (Å²) >= 11 is 4.49. The van der Waals surface area contributed by atoms with Gasteiger partial charge < -0.3 is 9.84 Å². The Bertz CT molecular complexity index is 572. The number of aromatic nitrogens is 1. The van der Waals surface area contributed by atoms with Gasteiger partial charge in [0, 0.05) is 17.1 Å². The predicted molar refractivity (Wildman–Crippen MR) is 72.4 cm³/mol. The van der Waals surface area contributed by atoms with Crippen molar-refractivity contribution in [2.45, 2.75) is 0 Å². The van der Waals surface area contributed by atoms with Gasteiger partial charge in [-0.25, -0.2) is 4.98 Å². The van der Waals surface area contributed by atoms with Crippen LogP contribution in [0.25, 0.3) is 0 Å². The highest BCUT2D eigenvalue weighted by molar-refractivity contribution is 9.10. The molecule has 0 fully saturated rings. The summed E-state index contributed by atoms with van der Waals surface area (Å²) in [6, 6.07) is 2.98. The van der Waals surface area contributed by atoms with Gasteiger partial charge in [-0.2, -0.15) is 0 Å². The molecule has 5 nitrogen and oxygen atoms in total. The van der Waals surface area contributed by atoms with E-state index in [-0.39, 0.29) is 17.4 Å². The molecule has 94 valence electrons. The molecule has 1 aromatic carbocycles. The molecule has 2 aromatic rings. The molecule has 0 aliphatic heterocycles. The van der Waals surface area contributed by atoms with Crippen molar-refractivity contribution in [2.24, 2.45) is 0 Å². The Hall–Kier alpha value is -1.60. The minimum absolute atomic E-state index is 0.0386. The van der Waals surface area contributed by atoms with Gasteiger partial charge in [0.15, 0.2) is 16.6 Å². The lowest BCUT2D eigenvalue weighted by atomic mass is 10.2. The number of ether oxygens (including phenoxy) is 1. The van der Waals surface area contributed by atoms with Crippen molar-refractivity contribution in [1.29, 1.82) is 0 Å². The van der Waals surface area contributed by atoms with Gasteiger partial charge in [0.25, 0.3) is 5.91 Å². The number of nitrogens with zero attached hydrogens (tertiary/aromatic N) is 1. The van der Waals surface area contributed by atoms with Crippen LogP contribution in [0.15, 0.2) is 28.2 Å². The molecule has 0 bridgehead atoms. The first-order valence-electron chi connectivity index (χ1n) is 4.89. The first-order chi connectivity index (χ1) is 8.61. The summed E-state index contributed by atoms with van der Waals surface area (Å²) in [6.45, 7) is 0. The first-order valence-corrected chi connectivity index (χ1v) is 6.56. The molecule has 2 N–H and O–H groups in total. The summed E-state index contributed by atoms with van der Waals surface area (Å²) in [4.78, 5) is 15.9. The molecule has 1 amide bonds. The zero-order valence-corrected chi connectivity index (χ0v) is 11.7. The molecule has 1 heterocycles. The molecule has 7 heteroatoms. The van der Waals surface area contributed by atoms with Crippen LogP contribution >= 0.6 is 27.3 Å². The second-order valence-corrected chi connectivity index (χ2v) is 5.05. The van der Waals surface area contributed by atoms with Crippen molar-refractivity contribution in [1.82, 2.24) is 4.98 Å². The van der Waals surface area contributed by atoms with Gasteiger partial charge in [-0.1, -0.05) is 0 Å². The highest BCUT2D eigenvalue weighted by Crippen LogP contribution is 2.35. The summed E-state index contributed by atoms with van der Waals surface area (Å²) in [5.41, 5.74) is 0.367. The third-order valence-corrected chi connectivity index (χ3v) is 3.46. The molecule has 0 saturated carbocycles. The number of hydrogen-bond acceptors (Lipinski definition) is 5. The fraction of sp³-hybridized carbons (Fsp3) is 0.0909. The van der Waals surface area contributed by atoms with Crippen LogP contribution in [-0.2, 0) is 0 Å². The van der Waals surface area contributed by atoms with E-state index in [1.807, 2.05) is 0 Å². The lowest BCUT2D eigenvalue weighted by molar-refractivity contribution is 0.102. The Labute approximate surface area is 116 Å². The summed E-state index contributed by atoms with van der Waals surface area (Å²) < 4.78 is 5.37. The standard InChI is InChI=1S/C11H9BrN2O3S/c1-17-8-5-6(4-7(12)9(8)15)10(16)14-11-13-2-3-18-11/h2-5,15H,1H3,(H,13,14,16). The third kappa shape index (κ3) is 2.62. The van der Waals surface area contributed by atoms with Crippen molar-refractivity contribution in [2.75, 3.05) is 12.4 Å². The van der Waals surface area contributed by atoms with Crippen LogP contribution < -0.4 is 10.1 Å². The maximum Gasteiger partial charge on any atom is 0.257 e. The largest absolute Gasteiger partial charge is 0.503 e. The number of carbonyl (C=O) groups excluding carboxylic acids is 1. The molecule has 1 aromatic heterocycles. The van der Waals surface area contributed by atoms with Gasteiger partial charge in [0.1, 0.15) is 0 Å². The first kappa shape index (κ1) is 12.8. The van der Waals surface area contributed by atoms with Crippen LogP contribution in [0.3, 0.4) is 0 Å². The van der Waals surface area contributed by atoms with Crippen molar-refractivity contribution >= 4 is 38.3 Å². The van der Waals surface area contributed by atoms with E-state index in [0.717, 1.165) is 0 Å². The zero-order chi connectivity index (χ0) is 13.1. The zero-order valence-electron chi connectivity index (χ0n) is 9.31. The molecule has 0 aliphatic carbocycles. The maximum atomic E-state index is 11.9. The van der Waals surface area contributed by atoms with Gasteiger partial charge in [0.05, 0.1) is 11.6 Å². The Morgan fingerprint density at radius 1 is 1.56 bits per heavy atom. The van der Waals surface area contributed by atoms with E-state index < -0.39 is 0 Å². The van der Waals surface area contributed by atoms with Crippen molar-refractivity contribution in [3.8, 4) is 11.5 Å². The summed E-state index contributed by atoms with van der Waals surface area (Å²) in [5, 5.41) is 14.6. The SMILES string of the molecule is COc1cc(C(=O)Nc2nccs2)cc(Br)c1O. The fourth-order valence-electron chi connectivity index (χ4n) is 1.31. The highest BCUT2D eigenvalue weighted by atomic mass is 79.9. The second kappa shape index (κ2) is 5.36. The average Bonchev–Trinajstić information content (AvgIpc) is 2.85. The van der Waals surface area contributed by atoms with Crippen molar-refractivity contribution < 1.29 is 14.6 Å². The lowest BCUT2D eigenvalue weighted by Gasteiger charge is -2.08. The van der Waals surface area contributed by atoms with E-state index in [1.54, 1.807) is 11.6 Å². The number of hydrogen-bond donors (Lipinski definition) is 2. The van der Waals surface area contributed by atoms with Crippen LogP contribution in [0, 0.1) is 0 Å². The van der Waals surface area contributed by atoms with Gasteiger partial charge >= 0.3 is 0 Å². The number of phenols is 1. The summed E-state index contributed by atoms with van der Waals surface area (Å²) in [7, 11) is 1.42. The number of carbonyl (C=O) groups is 1. The van der Waals surface area contributed by atoms with Gasteiger partial charge in [-0.15, -0.1) is 11.3 Å². The topological polar surface area (TPSA) is 71.5 Å². The summed E-state index contributed by atoms with van der Waals surface area (Å²) in [6.07, 6.45) is 1.60. The molecule has 0 atom stereocenters. The van der Waals surface area contributed by atoms with E-state index in [4.69, 9.17) is 4.74 Å². The smallest absolute Gasteiger partial charge is 0.257 e. The number of phenolic OH excluding ortho intramolecular Hbond substituents is 1. The van der Waals surface area contributed by atoms with Crippen LogP contribution in [0.4, 0.5) is 5.13 Å². The Morgan fingerprint density at radius 2 is 2.33 bits per heavy atom. The molecule has 2 rings (SSSR count). The monoisotopic (exact) mass is 328 g/mol. The number of methoxy groups -OCH3 is 1. The average molecular weight is 329 g/mol. The van der Waals surface area contributed by atoms with Crippen LogP contribution in [-0.4, -0.2) is 23.1 Å². The third-order valence-electron chi connectivity index (χ3n) is 2.16. The van der Waals surface area contributed by atoms with Crippen LogP contribution in [0.5, 0.6) is 11.5 Å². The normalized spacial score (nSPS) is 10.1. The fourth-order valence-corrected chi connectivity index (χ4v) is 2.28. The van der Waals surface area contributed by atoms with Crippen molar-refractivity contribution in [3.63, 3.8) is 0 Å². The number of anilines is 1. The maximum absolute atomic E-state index is 11.9. The van der Waals surface area contributed by atoms with Crippen molar-refractivity contribution in [3.05, 3.63) is 33.7 Å². The molecular formula is C11H9BrN2O3S. The minimum Gasteiger partial charge on any atom is -0.503 e. The second-order valence-electron chi connectivity index (χ2n) is 3.30. The van der Waals surface area contributed by atoms with E-state index in [0.29, 0.717) is 15.2 Å². The predicted octanol–water partition coefficient (Wildman–Crippen LogP) is 2.87. The molecule has 0 radical (unpaired) electrons. The number of nitrogens with one attached hydrogen (secondary N) is 1. The number of benzene rings is 1. The Balaban J connectivity index is 2.28. The lowest BCUT2D eigenvalue weighted by Crippen LogP contribution is -2.11. The van der Waals surface area contributed by atoms with E-state index in [9.17, 15) is 9.90 Å². The summed E-state index contributed by atoms with van der Waals surface area (Å²) in [5.74, 6) is -0.124. The molecule has 0 aliphatic rings. The molecular weight excluding hydrogens is 320 g/mol. The van der Waals surface area contributed by atoms with Gasteiger partial charge in [0.2, 0.25) is 0 Å². The molecule has 0 spiro atoms. The van der Waals surface area contributed by atoms with Gasteiger partial charge in [-0.3, -0.25) is 10.1 Å². The van der Waals surface area contributed by atoms with E-state index in [2.05, 4.69) is 26.2 Å².